The van der Waals surface area contributed by atoms with E-state index in [1.165, 1.54) is 31.4 Å². The van der Waals surface area contributed by atoms with Crippen molar-refractivity contribution in [3.05, 3.63) is 100 Å². The quantitative estimate of drug-likeness (QED) is 0.440. The van der Waals surface area contributed by atoms with Gasteiger partial charge in [-0.05, 0) is 48.4 Å². The molecule has 0 spiro atoms. The Morgan fingerprint density at radius 3 is 2.53 bits per heavy atom. The second-order valence-corrected chi connectivity index (χ2v) is 8.57. The van der Waals surface area contributed by atoms with Gasteiger partial charge in [-0.25, -0.2) is 23.7 Å². The summed E-state index contributed by atoms with van der Waals surface area (Å²) in [7, 11) is 1.51. The van der Waals surface area contributed by atoms with E-state index >= 15 is 0 Å². The van der Waals surface area contributed by atoms with Gasteiger partial charge >= 0.3 is 0 Å². The molecular formula is C27H23F2N5O2. The summed E-state index contributed by atoms with van der Waals surface area (Å²) in [4.78, 5) is 28.5. The summed E-state index contributed by atoms with van der Waals surface area (Å²) in [5.41, 5.74) is 9.77. The molecule has 3 heterocycles. The fraction of sp³-hybridized carbons (Fsp3) is 0.185. The molecule has 0 bridgehead atoms. The number of hydrogen-bond donors (Lipinski definition) is 1. The minimum Gasteiger partial charge on any atom is -0.481 e. The van der Waals surface area contributed by atoms with Crippen LogP contribution in [0.15, 0.2) is 60.7 Å². The first-order chi connectivity index (χ1) is 17.3. The number of ether oxygens (including phenoxy) is 1. The number of carbonyl (C=O) groups excluding carboxylic acids is 1. The number of aryl methyl sites for hydroxylation is 1. The van der Waals surface area contributed by atoms with Crippen LogP contribution in [0.5, 0.6) is 5.88 Å². The van der Waals surface area contributed by atoms with Crippen molar-refractivity contribution in [2.75, 3.05) is 12.8 Å². The topological polar surface area (TPSA) is 94.2 Å². The van der Waals surface area contributed by atoms with E-state index < -0.39 is 11.9 Å². The predicted molar refractivity (Wildman–Crippen MR) is 130 cm³/mol. The van der Waals surface area contributed by atoms with Gasteiger partial charge in [-0.15, -0.1) is 0 Å². The van der Waals surface area contributed by atoms with Gasteiger partial charge in [0, 0.05) is 24.6 Å². The van der Waals surface area contributed by atoms with Crippen molar-refractivity contribution in [1.82, 2.24) is 19.9 Å². The van der Waals surface area contributed by atoms with Crippen LogP contribution in [0.3, 0.4) is 0 Å². The first-order valence-electron chi connectivity index (χ1n) is 11.3. The summed E-state index contributed by atoms with van der Waals surface area (Å²) in [6.45, 7) is 1.92. The monoisotopic (exact) mass is 487 g/mol. The van der Waals surface area contributed by atoms with E-state index in [9.17, 15) is 13.6 Å². The van der Waals surface area contributed by atoms with E-state index in [2.05, 4.69) is 15.0 Å². The number of nitrogens with two attached hydrogens (primary N) is 1. The largest absolute Gasteiger partial charge is 0.481 e. The smallest absolute Gasteiger partial charge is 0.258 e. The van der Waals surface area contributed by atoms with Crippen molar-refractivity contribution >= 4 is 11.9 Å². The highest BCUT2D eigenvalue weighted by Gasteiger charge is 2.37. The van der Waals surface area contributed by atoms with Gasteiger partial charge in [0.25, 0.3) is 5.91 Å². The van der Waals surface area contributed by atoms with Crippen LogP contribution in [0.25, 0.3) is 11.3 Å². The average Bonchev–Trinajstić information content (AvgIpc) is 2.86. The van der Waals surface area contributed by atoms with Crippen molar-refractivity contribution in [3.8, 4) is 17.1 Å². The van der Waals surface area contributed by atoms with Gasteiger partial charge in [0.05, 0.1) is 35.8 Å². The molecule has 4 aromatic rings. The Morgan fingerprint density at radius 2 is 1.78 bits per heavy atom. The molecule has 182 valence electrons. The SMILES string of the molecule is COc1cccc(-c2cc(F)ccc2C2Cc3nc(N)nc(C)c3C(=O)N2Cc2ccc(F)cc2)n1. The van der Waals surface area contributed by atoms with Crippen molar-refractivity contribution in [1.29, 1.82) is 0 Å². The molecule has 0 fully saturated rings. The van der Waals surface area contributed by atoms with E-state index in [0.29, 0.717) is 46.1 Å². The molecule has 1 atom stereocenters. The number of carbonyl (C=O) groups is 1. The second-order valence-electron chi connectivity index (χ2n) is 8.57. The third-order valence-electron chi connectivity index (χ3n) is 6.27. The van der Waals surface area contributed by atoms with Crippen molar-refractivity contribution in [2.45, 2.75) is 25.9 Å². The fourth-order valence-electron chi connectivity index (χ4n) is 4.63. The number of nitrogen functional groups attached to an aromatic ring is 1. The molecule has 0 saturated carbocycles. The van der Waals surface area contributed by atoms with E-state index in [1.54, 1.807) is 48.2 Å². The van der Waals surface area contributed by atoms with E-state index in [0.717, 1.165) is 5.56 Å². The van der Waals surface area contributed by atoms with E-state index in [-0.39, 0.29) is 24.2 Å². The van der Waals surface area contributed by atoms with Gasteiger partial charge in [0.1, 0.15) is 11.6 Å². The molecule has 1 aliphatic rings. The van der Waals surface area contributed by atoms with Crippen LogP contribution in [-0.2, 0) is 13.0 Å². The summed E-state index contributed by atoms with van der Waals surface area (Å²) in [6.07, 6.45) is 0.332. The Morgan fingerprint density at radius 1 is 1.03 bits per heavy atom. The van der Waals surface area contributed by atoms with Gasteiger partial charge in [-0.2, -0.15) is 0 Å². The minimum atomic E-state index is -0.521. The maximum Gasteiger partial charge on any atom is 0.258 e. The molecule has 9 heteroatoms. The normalized spacial score (nSPS) is 15.1. The highest BCUT2D eigenvalue weighted by Crippen LogP contribution is 2.39. The van der Waals surface area contributed by atoms with Gasteiger partial charge in [0.2, 0.25) is 11.8 Å². The van der Waals surface area contributed by atoms with Crippen LogP contribution >= 0.6 is 0 Å². The molecular weight excluding hydrogens is 464 g/mol. The molecule has 5 rings (SSSR count). The van der Waals surface area contributed by atoms with Crippen molar-refractivity contribution in [2.24, 2.45) is 0 Å². The molecule has 0 aliphatic carbocycles. The van der Waals surface area contributed by atoms with Crippen molar-refractivity contribution < 1.29 is 18.3 Å². The lowest BCUT2D eigenvalue weighted by Gasteiger charge is -2.38. The second kappa shape index (κ2) is 9.33. The highest BCUT2D eigenvalue weighted by atomic mass is 19.1. The number of aromatic nitrogens is 3. The Bertz CT molecular complexity index is 1460. The Labute approximate surface area is 206 Å². The standard InChI is InChI=1S/C27H23F2N5O2/c1-15-25-22(33-27(30)31-15)13-23(34(26(25)35)14-16-6-8-17(28)9-7-16)19-11-10-18(29)12-20(19)21-4-3-5-24(32-21)36-2/h3-12,23H,13-14H2,1-2H3,(H2,30,31,33). The number of benzene rings is 2. The number of nitrogens with zero attached hydrogens (tertiary/aromatic N) is 4. The van der Waals surface area contributed by atoms with E-state index in [4.69, 9.17) is 10.5 Å². The summed E-state index contributed by atoms with van der Waals surface area (Å²) in [5, 5.41) is 0. The zero-order valence-corrected chi connectivity index (χ0v) is 19.7. The van der Waals surface area contributed by atoms with Crippen LogP contribution in [0.1, 0.15) is 38.9 Å². The lowest BCUT2D eigenvalue weighted by atomic mass is 9.88. The predicted octanol–water partition coefficient (Wildman–Crippen LogP) is 4.66. The maximum absolute atomic E-state index is 14.5. The first-order valence-corrected chi connectivity index (χ1v) is 11.3. The zero-order chi connectivity index (χ0) is 25.4. The van der Waals surface area contributed by atoms with Gasteiger partial charge in [-0.1, -0.05) is 24.3 Å². The number of anilines is 1. The maximum atomic E-state index is 14.5. The number of halogens is 2. The van der Waals surface area contributed by atoms with Gasteiger partial charge in [0.15, 0.2) is 0 Å². The third-order valence-corrected chi connectivity index (χ3v) is 6.27. The molecule has 2 aromatic heterocycles. The lowest BCUT2D eigenvalue weighted by molar-refractivity contribution is 0.0624. The van der Waals surface area contributed by atoms with Crippen LogP contribution in [0.4, 0.5) is 14.7 Å². The van der Waals surface area contributed by atoms with Crippen LogP contribution in [0.2, 0.25) is 0 Å². The molecule has 1 unspecified atom stereocenters. The average molecular weight is 488 g/mol. The van der Waals surface area contributed by atoms with Crippen LogP contribution in [0, 0.1) is 18.6 Å². The minimum absolute atomic E-state index is 0.0820. The number of hydrogen-bond acceptors (Lipinski definition) is 6. The van der Waals surface area contributed by atoms with Crippen LogP contribution < -0.4 is 10.5 Å². The molecule has 0 radical (unpaired) electrons. The summed E-state index contributed by atoms with van der Waals surface area (Å²) < 4.78 is 33.3. The number of methoxy groups -OCH3 is 1. The first kappa shape index (κ1) is 23.3. The Kier molecular flexibility index (Phi) is 6.05. The number of rotatable bonds is 5. The summed E-state index contributed by atoms with van der Waals surface area (Å²) in [5.74, 6) is -0.619. The zero-order valence-electron chi connectivity index (χ0n) is 19.7. The lowest BCUT2D eigenvalue weighted by Crippen LogP contribution is -2.41. The molecule has 7 nitrogen and oxygen atoms in total. The third kappa shape index (κ3) is 4.35. The summed E-state index contributed by atoms with van der Waals surface area (Å²) >= 11 is 0. The van der Waals surface area contributed by atoms with Gasteiger partial charge in [-0.3, -0.25) is 4.79 Å². The molecule has 2 N–H and O–H groups in total. The number of pyridine rings is 1. The van der Waals surface area contributed by atoms with Crippen molar-refractivity contribution in [3.63, 3.8) is 0 Å². The highest BCUT2D eigenvalue weighted by molar-refractivity contribution is 5.98. The summed E-state index contributed by atoms with van der Waals surface area (Å²) in [6, 6.07) is 15.1. The van der Waals surface area contributed by atoms with E-state index in [1.807, 2.05) is 0 Å². The molecule has 1 aliphatic heterocycles. The number of amides is 1. The molecule has 2 aromatic carbocycles. The molecule has 36 heavy (non-hydrogen) atoms. The Hall–Kier alpha value is -4.40. The van der Waals surface area contributed by atoms with Crippen LogP contribution in [-0.4, -0.2) is 32.9 Å². The number of fused-ring (bicyclic) bond motifs is 1. The Balaban J connectivity index is 1.67. The fourth-order valence-corrected chi connectivity index (χ4v) is 4.63. The van der Waals surface area contributed by atoms with Gasteiger partial charge < -0.3 is 15.4 Å². The molecule has 0 saturated heterocycles. The molecule has 1 amide bonds.